The van der Waals surface area contributed by atoms with Crippen molar-refractivity contribution in [1.82, 2.24) is 5.32 Å². The molecule has 0 saturated carbocycles. The van der Waals surface area contributed by atoms with E-state index in [4.69, 9.17) is 11.2 Å². The molecule has 3 nitrogen and oxygen atoms in total. The molecule has 1 aromatic rings. The highest BCUT2D eigenvalue weighted by molar-refractivity contribution is 5.94. The Morgan fingerprint density at radius 2 is 2.24 bits per heavy atom. The molecule has 1 heterocycles. The molecule has 0 spiro atoms. The SMILES string of the molecule is C#CCCCNC(=O)c1ccc2c(c1)COC2. The molecule has 0 fully saturated rings. The highest BCUT2D eigenvalue weighted by atomic mass is 16.5. The zero-order valence-electron chi connectivity index (χ0n) is 9.66. The number of hydrogen-bond donors (Lipinski definition) is 1. The molecule has 17 heavy (non-hydrogen) atoms. The van der Waals surface area contributed by atoms with Gasteiger partial charge in [0.05, 0.1) is 13.2 Å². The molecular formula is C14H15NO2. The van der Waals surface area contributed by atoms with Crippen molar-refractivity contribution >= 4 is 5.91 Å². The largest absolute Gasteiger partial charge is 0.372 e. The number of carbonyl (C=O) groups excluding carboxylic acids is 1. The van der Waals surface area contributed by atoms with Crippen LogP contribution in [0.3, 0.4) is 0 Å². The summed E-state index contributed by atoms with van der Waals surface area (Å²) < 4.78 is 5.31. The zero-order valence-corrected chi connectivity index (χ0v) is 9.66. The van der Waals surface area contributed by atoms with E-state index in [-0.39, 0.29) is 5.91 Å². The quantitative estimate of drug-likeness (QED) is 0.632. The summed E-state index contributed by atoms with van der Waals surface area (Å²) >= 11 is 0. The smallest absolute Gasteiger partial charge is 0.251 e. The zero-order chi connectivity index (χ0) is 12.1. The summed E-state index contributed by atoms with van der Waals surface area (Å²) in [5, 5.41) is 2.85. The van der Waals surface area contributed by atoms with Crippen LogP contribution in [0.5, 0.6) is 0 Å². The Bertz CT molecular complexity index is 460. The molecule has 0 unspecified atom stereocenters. The van der Waals surface area contributed by atoms with Gasteiger partial charge in [-0.1, -0.05) is 6.07 Å². The van der Waals surface area contributed by atoms with E-state index in [0.717, 1.165) is 12.0 Å². The lowest BCUT2D eigenvalue weighted by molar-refractivity contribution is 0.0953. The summed E-state index contributed by atoms with van der Waals surface area (Å²) in [6.45, 7) is 1.88. The van der Waals surface area contributed by atoms with Gasteiger partial charge >= 0.3 is 0 Å². The number of unbranched alkanes of at least 4 members (excludes halogenated alkanes) is 1. The van der Waals surface area contributed by atoms with Crippen molar-refractivity contribution in [2.24, 2.45) is 0 Å². The van der Waals surface area contributed by atoms with E-state index in [0.29, 0.717) is 31.7 Å². The van der Waals surface area contributed by atoms with Gasteiger partial charge in [0.2, 0.25) is 0 Å². The van der Waals surface area contributed by atoms with Crippen LogP contribution in [0.25, 0.3) is 0 Å². The lowest BCUT2D eigenvalue weighted by Gasteiger charge is -2.05. The van der Waals surface area contributed by atoms with Crippen LogP contribution in [0.15, 0.2) is 18.2 Å². The molecule has 1 aliphatic rings. The van der Waals surface area contributed by atoms with E-state index < -0.39 is 0 Å². The third-order valence-electron chi connectivity index (χ3n) is 2.77. The predicted molar refractivity (Wildman–Crippen MR) is 65.3 cm³/mol. The molecule has 88 valence electrons. The first-order valence-corrected chi connectivity index (χ1v) is 5.72. The highest BCUT2D eigenvalue weighted by Crippen LogP contribution is 2.20. The van der Waals surface area contributed by atoms with Crippen LogP contribution in [-0.4, -0.2) is 12.5 Å². The average Bonchev–Trinajstić information content (AvgIpc) is 2.81. The molecule has 2 rings (SSSR count). The highest BCUT2D eigenvalue weighted by Gasteiger charge is 2.13. The monoisotopic (exact) mass is 229 g/mol. The van der Waals surface area contributed by atoms with Gasteiger partial charge in [0, 0.05) is 18.5 Å². The van der Waals surface area contributed by atoms with Gasteiger partial charge in [-0.25, -0.2) is 0 Å². The van der Waals surface area contributed by atoms with Gasteiger partial charge in [-0.3, -0.25) is 4.79 Å². The van der Waals surface area contributed by atoms with E-state index in [1.54, 1.807) is 0 Å². The fourth-order valence-electron chi connectivity index (χ4n) is 1.81. The van der Waals surface area contributed by atoms with Crippen LogP contribution in [-0.2, 0) is 18.0 Å². The summed E-state index contributed by atoms with van der Waals surface area (Å²) in [5.41, 5.74) is 2.98. The van der Waals surface area contributed by atoms with E-state index in [2.05, 4.69) is 11.2 Å². The third kappa shape index (κ3) is 2.86. The minimum Gasteiger partial charge on any atom is -0.372 e. The fraction of sp³-hybridized carbons (Fsp3) is 0.357. The lowest BCUT2D eigenvalue weighted by atomic mass is 10.1. The summed E-state index contributed by atoms with van der Waals surface area (Å²) in [6.07, 6.45) is 6.65. The van der Waals surface area contributed by atoms with Gasteiger partial charge in [0.25, 0.3) is 5.91 Å². The second kappa shape index (κ2) is 5.51. The summed E-state index contributed by atoms with van der Waals surface area (Å²) in [5.74, 6) is 2.50. The van der Waals surface area contributed by atoms with E-state index in [1.165, 1.54) is 5.56 Å². The van der Waals surface area contributed by atoms with Gasteiger partial charge in [-0.15, -0.1) is 12.3 Å². The molecule has 0 atom stereocenters. The minimum absolute atomic E-state index is 0.0447. The van der Waals surface area contributed by atoms with Crippen LogP contribution in [0, 0.1) is 12.3 Å². The van der Waals surface area contributed by atoms with E-state index in [9.17, 15) is 4.79 Å². The van der Waals surface area contributed by atoms with E-state index in [1.807, 2.05) is 18.2 Å². The maximum absolute atomic E-state index is 11.8. The van der Waals surface area contributed by atoms with Crippen LogP contribution in [0.1, 0.15) is 34.3 Å². The number of carbonyl (C=O) groups is 1. The van der Waals surface area contributed by atoms with Gasteiger partial charge in [0.1, 0.15) is 0 Å². The molecule has 0 bridgehead atoms. The number of terminal acetylenes is 1. The Balaban J connectivity index is 1.93. The Kier molecular flexibility index (Phi) is 3.79. The lowest BCUT2D eigenvalue weighted by Crippen LogP contribution is -2.24. The second-order valence-electron chi connectivity index (χ2n) is 4.04. The third-order valence-corrected chi connectivity index (χ3v) is 2.77. The molecule has 0 saturated heterocycles. The molecule has 1 amide bonds. The summed E-state index contributed by atoms with van der Waals surface area (Å²) in [7, 11) is 0. The maximum Gasteiger partial charge on any atom is 0.251 e. The number of amides is 1. The first-order chi connectivity index (χ1) is 8.31. The number of rotatable bonds is 4. The fourth-order valence-corrected chi connectivity index (χ4v) is 1.81. The Hall–Kier alpha value is -1.79. The standard InChI is InChI=1S/C14H15NO2/c1-2-3-4-7-15-14(16)11-5-6-12-9-17-10-13(12)8-11/h1,5-6,8H,3-4,7,9-10H2,(H,15,16). The van der Waals surface area contributed by atoms with Gasteiger partial charge in [0.15, 0.2) is 0 Å². The number of hydrogen-bond acceptors (Lipinski definition) is 2. The molecule has 1 N–H and O–H groups in total. The summed E-state index contributed by atoms with van der Waals surface area (Å²) in [4.78, 5) is 11.8. The number of nitrogens with one attached hydrogen (secondary N) is 1. The van der Waals surface area contributed by atoms with Crippen molar-refractivity contribution in [1.29, 1.82) is 0 Å². The van der Waals surface area contributed by atoms with Gasteiger partial charge in [-0.2, -0.15) is 0 Å². The second-order valence-corrected chi connectivity index (χ2v) is 4.04. The van der Waals surface area contributed by atoms with Crippen molar-refractivity contribution < 1.29 is 9.53 Å². The van der Waals surface area contributed by atoms with Crippen molar-refractivity contribution in [2.75, 3.05) is 6.54 Å². The van der Waals surface area contributed by atoms with Crippen molar-refractivity contribution in [2.45, 2.75) is 26.1 Å². The van der Waals surface area contributed by atoms with E-state index >= 15 is 0 Å². The van der Waals surface area contributed by atoms with Crippen LogP contribution in [0.4, 0.5) is 0 Å². The van der Waals surface area contributed by atoms with Gasteiger partial charge in [-0.05, 0) is 29.7 Å². The number of ether oxygens (including phenoxy) is 1. The number of fused-ring (bicyclic) bond motifs is 1. The van der Waals surface area contributed by atoms with Gasteiger partial charge < -0.3 is 10.1 Å². The van der Waals surface area contributed by atoms with Crippen molar-refractivity contribution in [3.05, 3.63) is 34.9 Å². The molecule has 1 aromatic carbocycles. The van der Waals surface area contributed by atoms with Crippen molar-refractivity contribution in [3.63, 3.8) is 0 Å². The molecule has 0 aromatic heterocycles. The predicted octanol–water partition coefficient (Wildman–Crippen LogP) is 1.86. The topological polar surface area (TPSA) is 38.3 Å². The molecular weight excluding hydrogens is 214 g/mol. The van der Waals surface area contributed by atoms with Crippen LogP contribution >= 0.6 is 0 Å². The Labute approximate surface area is 101 Å². The maximum atomic E-state index is 11.8. The first-order valence-electron chi connectivity index (χ1n) is 5.72. The molecule has 3 heteroatoms. The van der Waals surface area contributed by atoms with Crippen LogP contribution < -0.4 is 5.32 Å². The van der Waals surface area contributed by atoms with Crippen LogP contribution in [0.2, 0.25) is 0 Å². The Morgan fingerprint density at radius 3 is 3.06 bits per heavy atom. The average molecular weight is 229 g/mol. The molecule has 1 aliphatic heterocycles. The normalized spacial score (nSPS) is 12.9. The molecule has 0 radical (unpaired) electrons. The first kappa shape index (κ1) is 11.7. The molecule has 0 aliphatic carbocycles. The summed E-state index contributed by atoms with van der Waals surface area (Å²) in [6, 6.07) is 5.70. The number of benzene rings is 1. The van der Waals surface area contributed by atoms with Crippen molar-refractivity contribution in [3.8, 4) is 12.3 Å². The minimum atomic E-state index is -0.0447. The Morgan fingerprint density at radius 1 is 1.41 bits per heavy atom.